The van der Waals surface area contributed by atoms with Crippen LogP contribution in [0.25, 0.3) is 0 Å². The van der Waals surface area contributed by atoms with Gasteiger partial charge in [-0.25, -0.2) is 0 Å². The average molecular weight is 781 g/mol. The van der Waals surface area contributed by atoms with Gasteiger partial charge in [-0.15, -0.1) is 5.92 Å². The molecule has 7 aliphatic carbocycles. The first-order chi connectivity index (χ1) is 27.1. The zero-order valence-corrected chi connectivity index (χ0v) is 36.8. The molecular weight excluding hydrogens is 705 g/mol. The number of fused-ring (bicyclic) bond motifs is 2. The predicted octanol–water partition coefficient (Wildman–Crippen LogP) is 11.4. The molecule has 1 aromatic rings. The van der Waals surface area contributed by atoms with Crippen LogP contribution in [0.4, 0.5) is 0 Å². The van der Waals surface area contributed by atoms with Crippen LogP contribution in [0.2, 0.25) is 0 Å². The lowest BCUT2D eigenvalue weighted by Crippen LogP contribution is -2.78. The molecule has 2 spiro atoms. The van der Waals surface area contributed by atoms with E-state index in [0.29, 0.717) is 29.6 Å². The number of aliphatic hydroxyl groups is 1. The lowest BCUT2D eigenvalue weighted by molar-refractivity contribution is -0.338. The SMILES string of the molecule is CCCC1CC#CC23CCC45C(Cc6ccc(CCOC)cc6)OC(O)(CC6CCC(CC7(CC1)C1CC(C)(C(=O)O)CCC1(C)CCC72C)C3(C)C64)C5CCC. The predicted molar refractivity (Wildman–Crippen MR) is 226 cm³/mol. The highest BCUT2D eigenvalue weighted by atomic mass is 16.6. The molecular formula is C52H76O5. The van der Waals surface area contributed by atoms with E-state index in [-0.39, 0.29) is 44.5 Å². The van der Waals surface area contributed by atoms with E-state index < -0.39 is 17.2 Å². The fraction of sp³-hybridized carbons (Fsp3) is 0.827. The van der Waals surface area contributed by atoms with Crippen LogP contribution in [0, 0.1) is 85.3 Å². The first kappa shape index (κ1) is 40.5. The monoisotopic (exact) mass is 781 g/mol. The number of benzene rings is 1. The average Bonchev–Trinajstić information content (AvgIpc) is 3.33. The van der Waals surface area contributed by atoms with Crippen molar-refractivity contribution in [1.82, 2.24) is 0 Å². The summed E-state index contributed by atoms with van der Waals surface area (Å²) in [6.07, 6.45) is 21.3. The van der Waals surface area contributed by atoms with Gasteiger partial charge in [0.25, 0.3) is 0 Å². The molecule has 1 saturated heterocycles. The Morgan fingerprint density at radius 3 is 2.33 bits per heavy atom. The molecule has 0 amide bonds. The molecule has 9 rings (SSSR count). The third-order valence-corrected chi connectivity index (χ3v) is 20.8. The van der Waals surface area contributed by atoms with Crippen molar-refractivity contribution in [3.8, 4) is 11.8 Å². The number of carboxylic acid groups (broad SMARTS) is 1. The highest BCUT2D eigenvalue weighted by Gasteiger charge is 2.84. The van der Waals surface area contributed by atoms with Gasteiger partial charge in [-0.3, -0.25) is 4.79 Å². The highest BCUT2D eigenvalue weighted by molar-refractivity contribution is 5.74. The third-order valence-electron chi connectivity index (χ3n) is 20.8. The Kier molecular flexibility index (Phi) is 9.83. The van der Waals surface area contributed by atoms with Crippen LogP contribution in [-0.4, -0.2) is 41.8 Å². The van der Waals surface area contributed by atoms with Crippen LogP contribution < -0.4 is 0 Å². The van der Waals surface area contributed by atoms with Gasteiger partial charge in [0.1, 0.15) is 0 Å². The van der Waals surface area contributed by atoms with Crippen molar-refractivity contribution in [2.24, 2.45) is 73.4 Å². The zero-order valence-electron chi connectivity index (χ0n) is 36.8. The first-order valence-corrected chi connectivity index (χ1v) is 23.8. The number of ether oxygens (including phenoxy) is 2. The van der Waals surface area contributed by atoms with Gasteiger partial charge < -0.3 is 19.7 Å². The third kappa shape index (κ3) is 5.33. The van der Waals surface area contributed by atoms with Gasteiger partial charge in [-0.2, -0.15) is 0 Å². The van der Waals surface area contributed by atoms with Crippen LogP contribution in [0.15, 0.2) is 24.3 Å². The number of hydrogen-bond donors (Lipinski definition) is 2. The standard InChI is InChI=1S/C52H76O5/c1-8-11-35-13-10-22-50-28-29-51-40(12-9-2)52(55,57-42(51)31-37-16-14-36(15-17-37)21-30-56-7)32-38-18-19-39(48(50,6)43(38)51)33-49(23-20-35)41-34-46(4,44(53)54)25-24-45(41,3)26-27-47(49,50)5/h14-17,35,38-43,55H,8-9,11-13,18-21,23-34H2,1-7H3,(H,53,54). The van der Waals surface area contributed by atoms with Crippen LogP contribution in [0.1, 0.15) is 168 Å². The summed E-state index contributed by atoms with van der Waals surface area (Å²) in [5.41, 5.74) is 1.94. The minimum atomic E-state index is -1.07. The second kappa shape index (κ2) is 13.8. The molecule has 6 saturated carbocycles. The quantitative estimate of drug-likeness (QED) is 0.231. The van der Waals surface area contributed by atoms with E-state index in [1.54, 1.807) is 7.11 Å². The summed E-state index contributed by atoms with van der Waals surface area (Å²) < 4.78 is 12.7. The molecule has 4 bridgehead atoms. The number of aliphatic carboxylic acids is 1. The van der Waals surface area contributed by atoms with Crippen molar-refractivity contribution < 1.29 is 24.5 Å². The van der Waals surface area contributed by atoms with E-state index in [4.69, 9.17) is 9.47 Å². The molecule has 5 heteroatoms. The number of methoxy groups -OCH3 is 1. The summed E-state index contributed by atoms with van der Waals surface area (Å²) in [5.74, 6) is 9.46. The molecule has 15 atom stereocenters. The summed E-state index contributed by atoms with van der Waals surface area (Å²) >= 11 is 0. The summed E-state index contributed by atoms with van der Waals surface area (Å²) in [6.45, 7) is 15.6. The molecule has 1 heterocycles. The molecule has 57 heavy (non-hydrogen) atoms. The van der Waals surface area contributed by atoms with Gasteiger partial charge >= 0.3 is 5.97 Å². The van der Waals surface area contributed by atoms with Gasteiger partial charge in [-0.05, 0) is 172 Å². The maximum absolute atomic E-state index is 13.2. The molecule has 2 N–H and O–H groups in total. The number of carbonyl (C=O) groups is 1. The van der Waals surface area contributed by atoms with Gasteiger partial charge in [-0.1, -0.05) is 77.6 Å². The molecule has 314 valence electrons. The van der Waals surface area contributed by atoms with E-state index in [1.165, 1.54) is 68.9 Å². The number of hydrogen-bond acceptors (Lipinski definition) is 4. The zero-order chi connectivity index (χ0) is 40.3. The topological polar surface area (TPSA) is 76.0 Å². The molecule has 5 nitrogen and oxygen atoms in total. The van der Waals surface area contributed by atoms with E-state index in [9.17, 15) is 15.0 Å². The Hall–Kier alpha value is -1.87. The molecule has 1 aliphatic heterocycles. The van der Waals surface area contributed by atoms with E-state index in [0.717, 1.165) is 77.2 Å². The minimum absolute atomic E-state index is 0.00813. The van der Waals surface area contributed by atoms with E-state index >= 15 is 0 Å². The molecule has 1 aromatic carbocycles. The fourth-order valence-electron chi connectivity index (χ4n) is 18.1. The molecule has 0 radical (unpaired) electrons. The Bertz CT molecular complexity index is 1780. The maximum atomic E-state index is 13.2. The smallest absolute Gasteiger partial charge is 0.309 e. The summed E-state index contributed by atoms with van der Waals surface area (Å²) in [6, 6.07) is 9.19. The van der Waals surface area contributed by atoms with Crippen LogP contribution in [0.5, 0.6) is 0 Å². The number of rotatable bonds is 10. The molecule has 15 unspecified atom stereocenters. The highest BCUT2D eigenvalue weighted by Crippen LogP contribution is 2.88. The van der Waals surface area contributed by atoms with Crippen molar-refractivity contribution in [3.63, 3.8) is 0 Å². The Balaban J connectivity index is 1.21. The number of carboxylic acids is 1. The van der Waals surface area contributed by atoms with Crippen molar-refractivity contribution >= 4 is 5.97 Å². The van der Waals surface area contributed by atoms with Crippen molar-refractivity contribution in [3.05, 3.63) is 35.4 Å². The van der Waals surface area contributed by atoms with Crippen LogP contribution >= 0.6 is 0 Å². The van der Waals surface area contributed by atoms with Crippen molar-refractivity contribution in [2.75, 3.05) is 13.7 Å². The molecule has 8 aliphatic rings. The summed E-state index contributed by atoms with van der Waals surface area (Å²) in [4.78, 5) is 13.2. The summed E-state index contributed by atoms with van der Waals surface area (Å²) in [5, 5.41) is 23.7. The largest absolute Gasteiger partial charge is 0.481 e. The Morgan fingerprint density at radius 2 is 1.61 bits per heavy atom. The lowest BCUT2D eigenvalue weighted by Gasteiger charge is -2.82. The minimum Gasteiger partial charge on any atom is -0.481 e. The van der Waals surface area contributed by atoms with Gasteiger partial charge in [0.05, 0.1) is 18.1 Å². The normalized spacial score (nSPS) is 50.5. The first-order valence-electron chi connectivity index (χ1n) is 23.8. The van der Waals surface area contributed by atoms with E-state index in [1.807, 2.05) is 0 Å². The van der Waals surface area contributed by atoms with E-state index in [2.05, 4.69) is 77.6 Å². The summed E-state index contributed by atoms with van der Waals surface area (Å²) in [7, 11) is 1.77. The van der Waals surface area contributed by atoms with Crippen LogP contribution in [-0.2, 0) is 27.1 Å². The second-order valence-corrected chi connectivity index (χ2v) is 22.7. The molecule has 7 fully saturated rings. The Morgan fingerprint density at radius 1 is 0.877 bits per heavy atom. The Labute approximate surface area is 345 Å². The second-order valence-electron chi connectivity index (χ2n) is 22.7. The van der Waals surface area contributed by atoms with Crippen LogP contribution in [0.3, 0.4) is 0 Å². The van der Waals surface area contributed by atoms with Gasteiger partial charge in [0.15, 0.2) is 5.79 Å². The van der Waals surface area contributed by atoms with Gasteiger partial charge in [0.2, 0.25) is 0 Å². The lowest BCUT2D eigenvalue weighted by atomic mass is 9.21. The fourth-order valence-corrected chi connectivity index (χ4v) is 18.1. The molecule has 0 aromatic heterocycles. The van der Waals surface area contributed by atoms with Crippen molar-refractivity contribution in [1.29, 1.82) is 0 Å². The van der Waals surface area contributed by atoms with Crippen molar-refractivity contribution in [2.45, 2.75) is 182 Å². The van der Waals surface area contributed by atoms with Gasteiger partial charge in [0, 0.05) is 36.7 Å². The maximum Gasteiger partial charge on any atom is 0.309 e.